The lowest BCUT2D eigenvalue weighted by Crippen LogP contribution is -2.60. The zero-order chi connectivity index (χ0) is 21.8. The molecule has 5 aliphatic carbocycles. The Labute approximate surface area is 185 Å². The smallest absolute Gasteiger partial charge is 0.0713 e. The lowest BCUT2D eigenvalue weighted by molar-refractivity contribution is -0.121. The van der Waals surface area contributed by atoms with Gasteiger partial charge in [-0.1, -0.05) is 83.9 Å². The van der Waals surface area contributed by atoms with Gasteiger partial charge in [0.1, 0.15) is 0 Å². The van der Waals surface area contributed by atoms with Crippen molar-refractivity contribution in [1.29, 1.82) is 0 Å². The number of aliphatic hydroxyl groups is 1. The van der Waals surface area contributed by atoms with Gasteiger partial charge in [-0.15, -0.1) is 0 Å². The van der Waals surface area contributed by atoms with Crippen molar-refractivity contribution in [3.63, 3.8) is 0 Å². The van der Waals surface area contributed by atoms with Crippen LogP contribution in [0.4, 0.5) is 0 Å². The Morgan fingerprint density at radius 2 is 1.53 bits per heavy atom. The van der Waals surface area contributed by atoms with Crippen LogP contribution in [0.3, 0.4) is 0 Å². The van der Waals surface area contributed by atoms with E-state index < -0.39 is 5.60 Å². The van der Waals surface area contributed by atoms with Gasteiger partial charge in [-0.25, -0.2) is 0 Å². The molecular formula is C29H44O. The highest BCUT2D eigenvalue weighted by Gasteiger charge is 2.64. The zero-order valence-corrected chi connectivity index (χ0v) is 20.6. The predicted molar refractivity (Wildman–Crippen MR) is 126 cm³/mol. The van der Waals surface area contributed by atoms with Crippen molar-refractivity contribution in [2.75, 3.05) is 0 Å². The highest BCUT2D eigenvalue weighted by Crippen LogP contribution is 2.72. The molecule has 0 amide bonds. The van der Waals surface area contributed by atoms with E-state index in [0.29, 0.717) is 11.3 Å². The quantitative estimate of drug-likeness (QED) is 0.409. The summed E-state index contributed by atoms with van der Waals surface area (Å²) in [5, 5.41) is 11.7. The summed E-state index contributed by atoms with van der Waals surface area (Å²) in [6, 6.07) is 0. The van der Waals surface area contributed by atoms with Crippen LogP contribution >= 0.6 is 0 Å². The van der Waals surface area contributed by atoms with Crippen molar-refractivity contribution in [1.82, 2.24) is 0 Å². The van der Waals surface area contributed by atoms with Gasteiger partial charge in [0.2, 0.25) is 0 Å². The third-order valence-corrected chi connectivity index (χ3v) is 11.3. The Bertz CT molecular complexity index is 856. The van der Waals surface area contributed by atoms with Gasteiger partial charge in [0.25, 0.3) is 0 Å². The first-order valence-electron chi connectivity index (χ1n) is 12.6. The number of rotatable bonds is 0. The molecule has 0 aromatic rings. The summed E-state index contributed by atoms with van der Waals surface area (Å²) in [6.45, 7) is 17.5. The maximum absolute atomic E-state index is 11.7. The molecule has 166 valence electrons. The van der Waals surface area contributed by atoms with Crippen LogP contribution in [0.15, 0.2) is 35.5 Å². The molecule has 3 fully saturated rings. The molecule has 0 aliphatic heterocycles. The molecular weight excluding hydrogens is 364 g/mol. The SMILES string of the molecule is CC1(C)CC[C@]2(O)CC[C@@]3(C)C(=CC=C4[C@@]5(C)CC=CC(C)(C)C5CC[C@]43C)C2C1. The van der Waals surface area contributed by atoms with Gasteiger partial charge in [-0.3, -0.25) is 0 Å². The minimum absolute atomic E-state index is 0.181. The second-order valence-electron chi connectivity index (χ2n) is 13.8. The zero-order valence-electron chi connectivity index (χ0n) is 20.6. The van der Waals surface area contributed by atoms with Crippen LogP contribution < -0.4 is 0 Å². The minimum Gasteiger partial charge on any atom is -0.389 e. The van der Waals surface area contributed by atoms with Crippen LogP contribution in [0.25, 0.3) is 0 Å². The molecule has 1 N–H and O–H groups in total. The maximum atomic E-state index is 11.7. The van der Waals surface area contributed by atoms with Gasteiger partial charge in [-0.05, 0) is 84.4 Å². The van der Waals surface area contributed by atoms with Gasteiger partial charge in [-0.2, -0.15) is 0 Å². The second kappa shape index (κ2) is 5.94. The maximum Gasteiger partial charge on any atom is 0.0713 e. The summed E-state index contributed by atoms with van der Waals surface area (Å²) in [5.41, 5.74) is 4.10. The van der Waals surface area contributed by atoms with Crippen LogP contribution in [-0.4, -0.2) is 10.7 Å². The molecule has 0 aromatic carbocycles. The summed E-state index contributed by atoms with van der Waals surface area (Å²) in [6.07, 6.45) is 19.2. The van der Waals surface area contributed by atoms with Crippen molar-refractivity contribution >= 4 is 0 Å². The van der Waals surface area contributed by atoms with Crippen molar-refractivity contribution in [2.24, 2.45) is 38.9 Å². The molecule has 5 aliphatic rings. The van der Waals surface area contributed by atoms with Crippen molar-refractivity contribution in [3.8, 4) is 0 Å². The van der Waals surface area contributed by atoms with Gasteiger partial charge in [0.15, 0.2) is 0 Å². The summed E-state index contributed by atoms with van der Waals surface area (Å²) in [7, 11) is 0. The molecule has 1 heteroatoms. The van der Waals surface area contributed by atoms with Gasteiger partial charge in [0.05, 0.1) is 5.60 Å². The van der Waals surface area contributed by atoms with E-state index in [1.807, 2.05) is 0 Å². The molecule has 0 heterocycles. The summed E-state index contributed by atoms with van der Waals surface area (Å²) < 4.78 is 0. The second-order valence-corrected chi connectivity index (χ2v) is 13.8. The van der Waals surface area contributed by atoms with Crippen LogP contribution in [-0.2, 0) is 0 Å². The highest BCUT2D eigenvalue weighted by atomic mass is 16.3. The first-order valence-corrected chi connectivity index (χ1v) is 12.6. The molecule has 30 heavy (non-hydrogen) atoms. The lowest BCUT2D eigenvalue weighted by Gasteiger charge is -2.67. The highest BCUT2D eigenvalue weighted by molar-refractivity contribution is 5.46. The Balaban J connectivity index is 1.64. The van der Waals surface area contributed by atoms with E-state index in [2.05, 4.69) is 72.8 Å². The monoisotopic (exact) mass is 408 g/mol. The van der Waals surface area contributed by atoms with E-state index in [0.717, 1.165) is 38.0 Å². The van der Waals surface area contributed by atoms with Crippen molar-refractivity contribution in [2.45, 2.75) is 105 Å². The van der Waals surface area contributed by atoms with E-state index >= 15 is 0 Å². The standard InChI is InChI=1S/C29H44O/c1-24(2)15-17-29(30)18-16-27(6)20(21(29)19-24)9-10-23-26(5)13-8-12-25(3,4)22(26)11-14-28(23,27)7/h8-10,12,21-22,30H,11,13-19H2,1-7H3/t21?,22?,26-,27-,28+,29-/m0/s1. The molecule has 0 aromatic heterocycles. The summed E-state index contributed by atoms with van der Waals surface area (Å²) >= 11 is 0. The third kappa shape index (κ3) is 2.51. The largest absolute Gasteiger partial charge is 0.389 e. The molecule has 0 radical (unpaired) electrons. The Kier molecular flexibility index (Phi) is 4.17. The Hall–Kier alpha value is -0.820. The van der Waals surface area contributed by atoms with Crippen LogP contribution in [0.5, 0.6) is 0 Å². The first-order chi connectivity index (χ1) is 13.8. The average Bonchev–Trinajstić information content (AvgIpc) is 2.63. The topological polar surface area (TPSA) is 20.2 Å². The van der Waals surface area contributed by atoms with Crippen LogP contribution in [0.1, 0.15) is 99.8 Å². The fourth-order valence-corrected chi connectivity index (χ4v) is 9.16. The normalized spacial score (nSPS) is 50.9. The number of allylic oxidation sites excluding steroid dienone is 5. The van der Waals surface area contributed by atoms with E-state index in [9.17, 15) is 5.11 Å². The van der Waals surface area contributed by atoms with E-state index in [1.165, 1.54) is 19.3 Å². The Morgan fingerprint density at radius 3 is 2.27 bits per heavy atom. The molecule has 2 unspecified atom stereocenters. The number of fused-ring (bicyclic) bond motifs is 7. The summed E-state index contributed by atoms with van der Waals surface area (Å²) in [5.74, 6) is 1.06. The molecule has 0 bridgehead atoms. The number of hydrogen-bond acceptors (Lipinski definition) is 1. The lowest BCUT2D eigenvalue weighted by atomic mass is 9.37. The molecule has 5 rings (SSSR count). The fraction of sp³-hybridized carbons (Fsp3) is 0.793. The minimum atomic E-state index is -0.473. The van der Waals surface area contributed by atoms with E-state index in [-0.39, 0.29) is 21.7 Å². The van der Waals surface area contributed by atoms with Gasteiger partial charge >= 0.3 is 0 Å². The predicted octanol–water partition coefficient (Wildman–Crippen LogP) is 7.62. The van der Waals surface area contributed by atoms with Gasteiger partial charge < -0.3 is 5.11 Å². The average molecular weight is 409 g/mol. The summed E-state index contributed by atoms with van der Waals surface area (Å²) in [4.78, 5) is 0. The molecule has 0 saturated heterocycles. The van der Waals surface area contributed by atoms with E-state index in [1.54, 1.807) is 11.1 Å². The fourth-order valence-electron chi connectivity index (χ4n) is 9.16. The molecule has 3 saturated carbocycles. The molecule has 0 spiro atoms. The molecule has 1 nitrogen and oxygen atoms in total. The van der Waals surface area contributed by atoms with Crippen LogP contribution in [0, 0.1) is 38.9 Å². The first kappa shape index (κ1) is 21.0. The van der Waals surface area contributed by atoms with Crippen molar-refractivity contribution < 1.29 is 5.11 Å². The third-order valence-electron chi connectivity index (χ3n) is 11.3. The Morgan fingerprint density at radius 1 is 0.833 bits per heavy atom. The van der Waals surface area contributed by atoms with E-state index in [4.69, 9.17) is 0 Å². The van der Waals surface area contributed by atoms with Gasteiger partial charge in [0, 0.05) is 5.92 Å². The van der Waals surface area contributed by atoms with Crippen LogP contribution in [0.2, 0.25) is 0 Å². The number of hydrogen-bond donors (Lipinski definition) is 1. The van der Waals surface area contributed by atoms with Crippen molar-refractivity contribution in [3.05, 3.63) is 35.5 Å². The molecule has 6 atom stereocenters.